The average molecular weight is 441 g/mol. The maximum atomic E-state index is 13.4. The molecule has 0 saturated heterocycles. The number of rotatable bonds is 5. The van der Waals surface area contributed by atoms with Gasteiger partial charge in [-0.2, -0.15) is 0 Å². The van der Waals surface area contributed by atoms with Gasteiger partial charge in [0.2, 0.25) is 0 Å². The van der Waals surface area contributed by atoms with E-state index in [4.69, 9.17) is 27.9 Å². The zero-order valence-electron chi connectivity index (χ0n) is 16.7. The van der Waals surface area contributed by atoms with Crippen LogP contribution < -0.4 is 15.0 Å². The minimum atomic E-state index is -0.399. The minimum absolute atomic E-state index is 0.104. The van der Waals surface area contributed by atoms with E-state index in [0.29, 0.717) is 33.8 Å². The Hall–Kier alpha value is -2.69. The van der Waals surface area contributed by atoms with E-state index < -0.39 is 6.17 Å². The summed E-state index contributed by atoms with van der Waals surface area (Å²) in [6, 6.07) is 20.5. The van der Waals surface area contributed by atoms with Gasteiger partial charge in [0.05, 0.1) is 22.2 Å². The molecule has 0 fully saturated rings. The molecule has 1 heterocycles. The van der Waals surface area contributed by atoms with E-state index in [9.17, 15) is 4.79 Å². The number of nitrogens with one attached hydrogen (secondary N) is 1. The highest BCUT2D eigenvalue weighted by atomic mass is 35.5. The Labute approximate surface area is 186 Å². The van der Waals surface area contributed by atoms with Crippen molar-refractivity contribution in [3.63, 3.8) is 0 Å². The SMILES string of the molecule is CC(C)COc1ccc([C@@H]2Nc3ccccc3C(=O)N2c2ccc(Cl)c(Cl)c2)cc1. The molecule has 1 amide bonds. The third-order valence-electron chi connectivity index (χ3n) is 4.89. The summed E-state index contributed by atoms with van der Waals surface area (Å²) in [6.07, 6.45) is -0.399. The van der Waals surface area contributed by atoms with E-state index in [1.165, 1.54) is 0 Å². The van der Waals surface area contributed by atoms with Crippen LogP contribution in [0.4, 0.5) is 11.4 Å². The first kappa shape index (κ1) is 20.6. The van der Waals surface area contributed by atoms with Gasteiger partial charge in [-0.1, -0.05) is 61.3 Å². The van der Waals surface area contributed by atoms with Gasteiger partial charge in [-0.15, -0.1) is 0 Å². The summed E-state index contributed by atoms with van der Waals surface area (Å²) < 4.78 is 5.79. The number of anilines is 2. The van der Waals surface area contributed by atoms with Crippen LogP contribution in [0, 0.1) is 5.92 Å². The Bertz CT molecular complexity index is 1070. The number of nitrogens with zero attached hydrogens (tertiary/aromatic N) is 1. The second-order valence-electron chi connectivity index (χ2n) is 7.64. The maximum Gasteiger partial charge on any atom is 0.262 e. The van der Waals surface area contributed by atoms with Crippen LogP contribution in [0.15, 0.2) is 66.7 Å². The van der Waals surface area contributed by atoms with Crippen molar-refractivity contribution >= 4 is 40.5 Å². The van der Waals surface area contributed by atoms with E-state index >= 15 is 0 Å². The lowest BCUT2D eigenvalue weighted by molar-refractivity contribution is 0.0975. The summed E-state index contributed by atoms with van der Waals surface area (Å²) in [5.41, 5.74) is 3.00. The average Bonchev–Trinajstić information content (AvgIpc) is 2.75. The summed E-state index contributed by atoms with van der Waals surface area (Å²) in [7, 11) is 0. The van der Waals surface area contributed by atoms with E-state index in [0.717, 1.165) is 17.0 Å². The molecule has 0 aliphatic carbocycles. The molecule has 154 valence electrons. The smallest absolute Gasteiger partial charge is 0.262 e. The number of para-hydroxylation sites is 1. The molecule has 1 aliphatic rings. The van der Waals surface area contributed by atoms with Gasteiger partial charge in [0, 0.05) is 11.4 Å². The van der Waals surface area contributed by atoms with Gasteiger partial charge in [-0.05, 0) is 53.9 Å². The predicted octanol–water partition coefficient (Wildman–Crippen LogP) is 6.80. The number of ether oxygens (including phenoxy) is 1. The molecular formula is C24H22Cl2N2O2. The zero-order chi connectivity index (χ0) is 21.3. The molecule has 0 spiro atoms. The van der Waals surface area contributed by atoms with Crippen molar-refractivity contribution in [3.8, 4) is 5.75 Å². The van der Waals surface area contributed by atoms with Crippen molar-refractivity contribution in [3.05, 3.63) is 87.9 Å². The van der Waals surface area contributed by atoms with Crippen molar-refractivity contribution in [1.29, 1.82) is 0 Å². The van der Waals surface area contributed by atoms with E-state index in [-0.39, 0.29) is 5.91 Å². The highest BCUT2D eigenvalue weighted by Crippen LogP contribution is 2.38. The number of halogens is 2. The zero-order valence-corrected chi connectivity index (χ0v) is 18.2. The first-order chi connectivity index (χ1) is 14.4. The van der Waals surface area contributed by atoms with Crippen molar-refractivity contribution in [2.24, 2.45) is 5.92 Å². The Kier molecular flexibility index (Phi) is 5.89. The highest BCUT2D eigenvalue weighted by molar-refractivity contribution is 6.42. The molecule has 0 saturated carbocycles. The van der Waals surface area contributed by atoms with Crippen LogP contribution >= 0.6 is 23.2 Å². The summed E-state index contributed by atoms with van der Waals surface area (Å²) in [4.78, 5) is 15.1. The van der Waals surface area contributed by atoms with Crippen LogP contribution in [0.5, 0.6) is 5.75 Å². The number of carbonyl (C=O) groups is 1. The van der Waals surface area contributed by atoms with Crippen LogP contribution in [0.25, 0.3) is 0 Å². The second kappa shape index (κ2) is 8.58. The Balaban J connectivity index is 1.73. The lowest BCUT2D eigenvalue weighted by atomic mass is 10.0. The minimum Gasteiger partial charge on any atom is -0.493 e. The summed E-state index contributed by atoms with van der Waals surface area (Å²) >= 11 is 12.3. The fraction of sp³-hybridized carbons (Fsp3) is 0.208. The molecule has 3 aromatic carbocycles. The molecule has 0 bridgehead atoms. The molecule has 1 atom stereocenters. The Morgan fingerprint density at radius 1 is 1.00 bits per heavy atom. The lowest BCUT2D eigenvalue weighted by Crippen LogP contribution is -2.43. The molecule has 0 unspecified atom stereocenters. The van der Waals surface area contributed by atoms with Crippen molar-refractivity contribution in [2.75, 3.05) is 16.8 Å². The third kappa shape index (κ3) is 4.11. The number of carbonyl (C=O) groups excluding carboxylic acids is 1. The van der Waals surface area contributed by atoms with Crippen LogP contribution in [0.3, 0.4) is 0 Å². The second-order valence-corrected chi connectivity index (χ2v) is 8.45. The Morgan fingerprint density at radius 2 is 1.73 bits per heavy atom. The maximum absolute atomic E-state index is 13.4. The van der Waals surface area contributed by atoms with E-state index in [1.54, 1.807) is 23.1 Å². The first-order valence-corrected chi connectivity index (χ1v) is 10.6. The van der Waals surface area contributed by atoms with Gasteiger partial charge in [0.1, 0.15) is 11.9 Å². The van der Waals surface area contributed by atoms with Crippen LogP contribution in [0.1, 0.15) is 35.9 Å². The first-order valence-electron chi connectivity index (χ1n) is 9.81. The molecule has 6 heteroatoms. The molecule has 4 nitrogen and oxygen atoms in total. The van der Waals surface area contributed by atoms with Gasteiger partial charge in [0.25, 0.3) is 5.91 Å². The predicted molar refractivity (Wildman–Crippen MR) is 123 cm³/mol. The van der Waals surface area contributed by atoms with Gasteiger partial charge < -0.3 is 10.1 Å². The third-order valence-corrected chi connectivity index (χ3v) is 5.63. The molecule has 0 aromatic heterocycles. The molecule has 30 heavy (non-hydrogen) atoms. The van der Waals surface area contributed by atoms with Gasteiger partial charge in [-0.25, -0.2) is 0 Å². The quantitative estimate of drug-likeness (QED) is 0.474. The lowest BCUT2D eigenvalue weighted by Gasteiger charge is -2.38. The molecule has 1 N–H and O–H groups in total. The molecule has 3 aromatic rings. The number of benzene rings is 3. The summed E-state index contributed by atoms with van der Waals surface area (Å²) in [5.74, 6) is 1.15. The van der Waals surface area contributed by atoms with Crippen molar-refractivity contribution in [2.45, 2.75) is 20.0 Å². The Morgan fingerprint density at radius 3 is 2.43 bits per heavy atom. The summed E-state index contributed by atoms with van der Waals surface area (Å²) in [5, 5.41) is 4.33. The number of amides is 1. The normalized spacial score (nSPS) is 15.7. The van der Waals surface area contributed by atoms with Crippen LogP contribution in [0.2, 0.25) is 10.0 Å². The van der Waals surface area contributed by atoms with Crippen LogP contribution in [-0.4, -0.2) is 12.5 Å². The monoisotopic (exact) mass is 440 g/mol. The van der Waals surface area contributed by atoms with Crippen LogP contribution in [-0.2, 0) is 0 Å². The van der Waals surface area contributed by atoms with Crippen molar-refractivity contribution in [1.82, 2.24) is 0 Å². The van der Waals surface area contributed by atoms with E-state index in [1.807, 2.05) is 48.5 Å². The number of hydrogen-bond donors (Lipinski definition) is 1. The van der Waals surface area contributed by atoms with Crippen molar-refractivity contribution < 1.29 is 9.53 Å². The number of fused-ring (bicyclic) bond motifs is 1. The van der Waals surface area contributed by atoms with Gasteiger partial charge in [0.15, 0.2) is 0 Å². The topological polar surface area (TPSA) is 41.6 Å². The fourth-order valence-corrected chi connectivity index (χ4v) is 3.69. The van der Waals surface area contributed by atoms with Gasteiger partial charge in [-0.3, -0.25) is 9.69 Å². The standard InChI is InChI=1S/C24H22Cl2N2O2/c1-15(2)14-30-18-10-7-16(8-11-18)23-27-22-6-4-3-5-19(22)24(29)28(23)17-9-12-20(25)21(26)13-17/h3-13,15,23,27H,14H2,1-2H3/t23-/m1/s1. The molecule has 0 radical (unpaired) electrons. The largest absolute Gasteiger partial charge is 0.493 e. The molecular weight excluding hydrogens is 419 g/mol. The summed E-state index contributed by atoms with van der Waals surface area (Å²) in [6.45, 7) is 4.87. The van der Waals surface area contributed by atoms with E-state index in [2.05, 4.69) is 19.2 Å². The molecule has 4 rings (SSSR count). The molecule has 1 aliphatic heterocycles. The highest BCUT2D eigenvalue weighted by Gasteiger charge is 2.34. The fourth-order valence-electron chi connectivity index (χ4n) is 3.40. The number of hydrogen-bond acceptors (Lipinski definition) is 3. The van der Waals surface area contributed by atoms with Gasteiger partial charge >= 0.3 is 0 Å².